The quantitative estimate of drug-likeness (QED) is 0.851. The molecule has 2 atom stereocenters. The van der Waals surface area contributed by atoms with E-state index in [2.05, 4.69) is 5.32 Å². The molecule has 1 aliphatic rings. The van der Waals surface area contributed by atoms with Gasteiger partial charge in [0, 0.05) is 13.0 Å². The van der Waals surface area contributed by atoms with Gasteiger partial charge >= 0.3 is 5.97 Å². The van der Waals surface area contributed by atoms with Crippen LogP contribution >= 0.6 is 0 Å². The number of nitrogens with one attached hydrogen (secondary N) is 1. The highest BCUT2D eigenvalue weighted by molar-refractivity contribution is 5.89. The first-order chi connectivity index (χ1) is 9.52. The second-order valence-electron chi connectivity index (χ2n) is 5.31. The molecule has 0 bridgehead atoms. The summed E-state index contributed by atoms with van der Waals surface area (Å²) in [4.78, 5) is 23.7. The summed E-state index contributed by atoms with van der Waals surface area (Å²) in [5, 5.41) is 12.3. The Morgan fingerprint density at radius 1 is 1.40 bits per heavy atom. The summed E-state index contributed by atoms with van der Waals surface area (Å²) in [5.74, 6) is -1.25. The van der Waals surface area contributed by atoms with E-state index in [9.17, 15) is 14.7 Å². The lowest BCUT2D eigenvalue weighted by molar-refractivity contribution is -0.145. The number of carboxylic acid groups (broad SMARTS) is 1. The van der Waals surface area contributed by atoms with E-state index in [-0.39, 0.29) is 18.4 Å². The van der Waals surface area contributed by atoms with E-state index in [0.717, 1.165) is 6.42 Å². The summed E-state index contributed by atoms with van der Waals surface area (Å²) >= 11 is 0. The molecule has 0 radical (unpaired) electrons. The summed E-state index contributed by atoms with van der Waals surface area (Å²) in [6, 6.07) is 8.84. The van der Waals surface area contributed by atoms with Gasteiger partial charge in [-0.05, 0) is 18.9 Å². The summed E-state index contributed by atoms with van der Waals surface area (Å²) < 4.78 is 5.19. The zero-order valence-corrected chi connectivity index (χ0v) is 11.5. The van der Waals surface area contributed by atoms with E-state index >= 15 is 0 Å². The van der Waals surface area contributed by atoms with Gasteiger partial charge in [0.05, 0.1) is 18.1 Å². The molecule has 2 unspecified atom stereocenters. The minimum absolute atomic E-state index is 0.00341. The SMILES string of the molecule is CC(CC(=O)NC1CCOC1)(C(=O)O)c1ccccc1. The molecule has 20 heavy (non-hydrogen) atoms. The Hall–Kier alpha value is -1.88. The number of carboxylic acids is 1. The average Bonchev–Trinajstić information content (AvgIpc) is 2.92. The fraction of sp³-hybridized carbons (Fsp3) is 0.467. The monoisotopic (exact) mass is 277 g/mol. The molecule has 0 aromatic heterocycles. The number of hydrogen-bond donors (Lipinski definition) is 2. The second kappa shape index (κ2) is 6.05. The summed E-state index contributed by atoms with van der Waals surface area (Å²) in [5.41, 5.74) is -0.588. The largest absolute Gasteiger partial charge is 0.481 e. The minimum Gasteiger partial charge on any atom is -0.481 e. The highest BCUT2D eigenvalue weighted by Crippen LogP contribution is 2.28. The van der Waals surface area contributed by atoms with Crippen LogP contribution in [0.2, 0.25) is 0 Å². The Balaban J connectivity index is 2.09. The van der Waals surface area contributed by atoms with Crippen LogP contribution in [-0.4, -0.2) is 36.2 Å². The topological polar surface area (TPSA) is 75.6 Å². The lowest BCUT2D eigenvalue weighted by Gasteiger charge is -2.25. The lowest BCUT2D eigenvalue weighted by atomic mass is 9.79. The highest BCUT2D eigenvalue weighted by Gasteiger charge is 2.38. The van der Waals surface area contributed by atoms with Crippen LogP contribution in [0.15, 0.2) is 30.3 Å². The molecule has 1 heterocycles. The van der Waals surface area contributed by atoms with Gasteiger partial charge in [0.15, 0.2) is 0 Å². The van der Waals surface area contributed by atoms with Gasteiger partial charge in [0.25, 0.3) is 0 Å². The van der Waals surface area contributed by atoms with Gasteiger partial charge in [0.1, 0.15) is 0 Å². The first-order valence-corrected chi connectivity index (χ1v) is 6.68. The van der Waals surface area contributed by atoms with E-state index < -0.39 is 11.4 Å². The van der Waals surface area contributed by atoms with Crippen LogP contribution in [0, 0.1) is 0 Å². The van der Waals surface area contributed by atoms with Gasteiger partial charge in [-0.3, -0.25) is 9.59 Å². The Morgan fingerprint density at radius 3 is 2.65 bits per heavy atom. The van der Waals surface area contributed by atoms with E-state index in [0.29, 0.717) is 18.8 Å². The van der Waals surface area contributed by atoms with Crippen LogP contribution in [0.4, 0.5) is 0 Å². The van der Waals surface area contributed by atoms with Crippen molar-refractivity contribution in [1.82, 2.24) is 5.32 Å². The van der Waals surface area contributed by atoms with Crippen molar-refractivity contribution >= 4 is 11.9 Å². The first kappa shape index (κ1) is 14.5. The number of carbonyl (C=O) groups excluding carboxylic acids is 1. The van der Waals surface area contributed by atoms with Crippen LogP contribution < -0.4 is 5.32 Å². The number of aliphatic carboxylic acids is 1. The van der Waals surface area contributed by atoms with Crippen LogP contribution in [0.1, 0.15) is 25.3 Å². The van der Waals surface area contributed by atoms with Gasteiger partial charge in [0.2, 0.25) is 5.91 Å². The highest BCUT2D eigenvalue weighted by atomic mass is 16.5. The van der Waals surface area contributed by atoms with Crippen LogP contribution in [0.25, 0.3) is 0 Å². The third-order valence-electron chi connectivity index (χ3n) is 3.69. The van der Waals surface area contributed by atoms with Crippen molar-refractivity contribution in [3.8, 4) is 0 Å². The fourth-order valence-electron chi connectivity index (χ4n) is 2.36. The molecule has 2 rings (SSSR count). The molecule has 1 saturated heterocycles. The van der Waals surface area contributed by atoms with Crippen molar-refractivity contribution in [2.75, 3.05) is 13.2 Å². The van der Waals surface area contributed by atoms with Crippen molar-refractivity contribution in [3.63, 3.8) is 0 Å². The maximum Gasteiger partial charge on any atom is 0.314 e. The summed E-state index contributed by atoms with van der Waals surface area (Å²) in [7, 11) is 0. The molecule has 0 spiro atoms. The second-order valence-corrected chi connectivity index (χ2v) is 5.31. The molecule has 108 valence electrons. The van der Waals surface area contributed by atoms with E-state index in [1.807, 2.05) is 6.07 Å². The third-order valence-corrected chi connectivity index (χ3v) is 3.69. The van der Waals surface area contributed by atoms with Crippen molar-refractivity contribution in [1.29, 1.82) is 0 Å². The predicted molar refractivity (Wildman–Crippen MR) is 73.4 cm³/mol. The van der Waals surface area contributed by atoms with E-state index in [1.54, 1.807) is 31.2 Å². The number of amides is 1. The molecule has 2 N–H and O–H groups in total. The summed E-state index contributed by atoms with van der Waals surface area (Å²) in [6.45, 7) is 2.72. The van der Waals surface area contributed by atoms with Crippen LogP contribution in [-0.2, 0) is 19.7 Å². The first-order valence-electron chi connectivity index (χ1n) is 6.68. The Bertz CT molecular complexity index is 482. The van der Waals surface area contributed by atoms with Gasteiger partial charge in [-0.2, -0.15) is 0 Å². The van der Waals surface area contributed by atoms with Gasteiger partial charge in [-0.15, -0.1) is 0 Å². The van der Waals surface area contributed by atoms with Crippen LogP contribution in [0.5, 0.6) is 0 Å². The molecule has 1 aromatic rings. The lowest BCUT2D eigenvalue weighted by Crippen LogP contribution is -2.42. The Morgan fingerprint density at radius 2 is 2.10 bits per heavy atom. The maximum atomic E-state index is 12.1. The van der Waals surface area contributed by atoms with Crippen LogP contribution in [0.3, 0.4) is 0 Å². The van der Waals surface area contributed by atoms with Crippen molar-refractivity contribution in [3.05, 3.63) is 35.9 Å². The molecule has 1 amide bonds. The van der Waals surface area contributed by atoms with Crippen molar-refractivity contribution < 1.29 is 19.4 Å². The standard InChI is InChI=1S/C15H19NO4/c1-15(14(18)19,11-5-3-2-4-6-11)9-13(17)16-12-7-8-20-10-12/h2-6,12H,7-10H2,1H3,(H,16,17)(H,18,19). The smallest absolute Gasteiger partial charge is 0.314 e. The molecule has 1 fully saturated rings. The van der Waals surface area contributed by atoms with Gasteiger partial charge in [-0.25, -0.2) is 0 Å². The number of ether oxygens (including phenoxy) is 1. The molecule has 1 aliphatic heterocycles. The van der Waals surface area contributed by atoms with Crippen molar-refractivity contribution in [2.24, 2.45) is 0 Å². The molecule has 1 aromatic carbocycles. The zero-order valence-electron chi connectivity index (χ0n) is 11.5. The van der Waals surface area contributed by atoms with E-state index in [4.69, 9.17) is 4.74 Å². The Kier molecular flexibility index (Phi) is 4.39. The fourth-order valence-corrected chi connectivity index (χ4v) is 2.36. The average molecular weight is 277 g/mol. The Labute approximate surface area is 117 Å². The summed E-state index contributed by atoms with van der Waals surface area (Å²) in [6.07, 6.45) is 0.698. The molecule has 0 saturated carbocycles. The molecular formula is C15H19NO4. The molecule has 0 aliphatic carbocycles. The number of benzene rings is 1. The molecule has 5 nitrogen and oxygen atoms in total. The van der Waals surface area contributed by atoms with E-state index in [1.165, 1.54) is 0 Å². The minimum atomic E-state index is -1.22. The normalized spacial score (nSPS) is 21.1. The van der Waals surface area contributed by atoms with Gasteiger partial charge in [-0.1, -0.05) is 30.3 Å². The molecule has 5 heteroatoms. The predicted octanol–water partition coefficient (Wildman–Crippen LogP) is 1.32. The maximum absolute atomic E-state index is 12.1. The third kappa shape index (κ3) is 3.17. The zero-order chi connectivity index (χ0) is 14.6. The number of rotatable bonds is 5. The number of carbonyl (C=O) groups is 2. The molecular weight excluding hydrogens is 258 g/mol. The number of hydrogen-bond acceptors (Lipinski definition) is 3. The van der Waals surface area contributed by atoms with Crippen molar-refractivity contribution in [2.45, 2.75) is 31.2 Å². The van der Waals surface area contributed by atoms with Gasteiger partial charge < -0.3 is 15.2 Å².